The second-order valence-electron chi connectivity index (χ2n) is 5.49. The van der Waals surface area contributed by atoms with Crippen molar-refractivity contribution in [2.75, 3.05) is 0 Å². The maximum Gasteiger partial charge on any atom is 0.329 e. The standard InChI is InChI=1S/C17H25NO3/c1-4-5-11-15(19)18-16(13(2)3)17(20)21-12-14-9-7-6-8-10-14/h6-10,13,16H,4-5,11-12H2,1-3H3,(H,18,19). The van der Waals surface area contributed by atoms with Crippen LogP contribution in [0.1, 0.15) is 45.6 Å². The van der Waals surface area contributed by atoms with Crippen molar-refractivity contribution in [2.45, 2.75) is 52.7 Å². The van der Waals surface area contributed by atoms with Crippen LogP contribution in [0.15, 0.2) is 30.3 Å². The maximum absolute atomic E-state index is 12.1. The Kier molecular flexibility index (Phi) is 7.51. The summed E-state index contributed by atoms with van der Waals surface area (Å²) in [5.41, 5.74) is 0.936. The highest BCUT2D eigenvalue weighted by molar-refractivity contribution is 5.84. The molecule has 1 rings (SSSR count). The molecule has 0 fully saturated rings. The molecule has 0 saturated carbocycles. The molecule has 4 heteroatoms. The molecule has 0 spiro atoms. The van der Waals surface area contributed by atoms with Crippen LogP contribution in [0.4, 0.5) is 0 Å². The number of amides is 1. The van der Waals surface area contributed by atoms with E-state index >= 15 is 0 Å². The Morgan fingerprint density at radius 3 is 2.43 bits per heavy atom. The fraction of sp³-hybridized carbons (Fsp3) is 0.529. The molecule has 0 aliphatic carbocycles. The molecule has 0 aromatic heterocycles. The van der Waals surface area contributed by atoms with Crippen LogP contribution in [0.3, 0.4) is 0 Å². The predicted molar refractivity (Wildman–Crippen MR) is 82.5 cm³/mol. The lowest BCUT2D eigenvalue weighted by molar-refractivity contribution is -0.150. The number of carbonyl (C=O) groups is 2. The third kappa shape index (κ3) is 6.43. The van der Waals surface area contributed by atoms with Crippen molar-refractivity contribution in [3.05, 3.63) is 35.9 Å². The molecule has 4 nitrogen and oxygen atoms in total. The first kappa shape index (κ1) is 17.2. The minimum absolute atomic E-state index is 0.00106. The summed E-state index contributed by atoms with van der Waals surface area (Å²) in [5, 5.41) is 2.77. The van der Waals surface area contributed by atoms with Gasteiger partial charge in [-0.15, -0.1) is 0 Å². The van der Waals surface area contributed by atoms with Crippen molar-refractivity contribution in [1.29, 1.82) is 0 Å². The number of rotatable bonds is 8. The number of benzene rings is 1. The molecular formula is C17H25NO3. The second-order valence-corrected chi connectivity index (χ2v) is 5.49. The first-order chi connectivity index (χ1) is 10.0. The number of esters is 1. The van der Waals surface area contributed by atoms with Gasteiger partial charge in [0.25, 0.3) is 0 Å². The summed E-state index contributed by atoms with van der Waals surface area (Å²) in [6.07, 6.45) is 2.24. The number of ether oxygens (including phenoxy) is 1. The minimum atomic E-state index is -0.585. The SMILES string of the molecule is CCCCC(=O)NC(C(=O)OCc1ccccc1)C(C)C. The average Bonchev–Trinajstić information content (AvgIpc) is 2.49. The van der Waals surface area contributed by atoms with Crippen molar-refractivity contribution in [1.82, 2.24) is 5.32 Å². The van der Waals surface area contributed by atoms with Gasteiger partial charge in [0.05, 0.1) is 0 Å². The van der Waals surface area contributed by atoms with Crippen LogP contribution in [0.2, 0.25) is 0 Å². The first-order valence-corrected chi connectivity index (χ1v) is 7.54. The summed E-state index contributed by atoms with van der Waals surface area (Å²) in [4.78, 5) is 23.9. The van der Waals surface area contributed by atoms with Gasteiger partial charge in [0.2, 0.25) is 5.91 Å². The number of unbranched alkanes of at least 4 members (excludes halogenated alkanes) is 1. The van der Waals surface area contributed by atoms with Gasteiger partial charge in [0.15, 0.2) is 0 Å². The highest BCUT2D eigenvalue weighted by Crippen LogP contribution is 2.08. The van der Waals surface area contributed by atoms with E-state index in [9.17, 15) is 9.59 Å². The molecule has 1 N–H and O–H groups in total. The van der Waals surface area contributed by atoms with Crippen molar-refractivity contribution in [2.24, 2.45) is 5.92 Å². The molecule has 1 aromatic carbocycles. The topological polar surface area (TPSA) is 55.4 Å². The van der Waals surface area contributed by atoms with Crippen LogP contribution >= 0.6 is 0 Å². The lowest BCUT2D eigenvalue weighted by atomic mass is 10.0. The molecule has 0 saturated heterocycles. The Morgan fingerprint density at radius 1 is 1.19 bits per heavy atom. The fourth-order valence-corrected chi connectivity index (χ4v) is 1.90. The molecule has 1 amide bonds. The Bertz CT molecular complexity index is 443. The smallest absolute Gasteiger partial charge is 0.329 e. The van der Waals surface area contributed by atoms with Crippen LogP contribution in [0.5, 0.6) is 0 Å². The third-order valence-corrected chi connectivity index (χ3v) is 3.22. The van der Waals surface area contributed by atoms with E-state index in [0.29, 0.717) is 6.42 Å². The summed E-state index contributed by atoms with van der Waals surface area (Å²) >= 11 is 0. The lowest BCUT2D eigenvalue weighted by Crippen LogP contribution is -2.45. The lowest BCUT2D eigenvalue weighted by Gasteiger charge is -2.21. The van der Waals surface area contributed by atoms with Crippen molar-refractivity contribution >= 4 is 11.9 Å². The van der Waals surface area contributed by atoms with E-state index in [-0.39, 0.29) is 24.4 Å². The molecule has 0 heterocycles. The predicted octanol–water partition coefficient (Wildman–Crippen LogP) is 3.06. The number of nitrogens with one attached hydrogen (secondary N) is 1. The molecule has 21 heavy (non-hydrogen) atoms. The van der Waals surface area contributed by atoms with Gasteiger partial charge in [-0.1, -0.05) is 57.5 Å². The number of hydrogen-bond donors (Lipinski definition) is 1. The third-order valence-electron chi connectivity index (χ3n) is 3.22. The largest absolute Gasteiger partial charge is 0.459 e. The Labute approximate surface area is 126 Å². The summed E-state index contributed by atoms with van der Waals surface area (Å²) in [5.74, 6) is -0.468. The molecule has 0 bridgehead atoms. The van der Waals surface area contributed by atoms with Gasteiger partial charge in [0, 0.05) is 6.42 Å². The maximum atomic E-state index is 12.1. The van der Waals surface area contributed by atoms with E-state index in [1.807, 2.05) is 51.1 Å². The van der Waals surface area contributed by atoms with Crippen LogP contribution in [0.25, 0.3) is 0 Å². The summed E-state index contributed by atoms with van der Waals surface area (Å²) in [7, 11) is 0. The zero-order valence-electron chi connectivity index (χ0n) is 13.1. The van der Waals surface area contributed by atoms with Gasteiger partial charge < -0.3 is 10.1 Å². The minimum Gasteiger partial charge on any atom is -0.459 e. The van der Waals surface area contributed by atoms with Gasteiger partial charge in [-0.05, 0) is 17.9 Å². The summed E-state index contributed by atoms with van der Waals surface area (Å²) < 4.78 is 5.30. The molecule has 0 radical (unpaired) electrons. The van der Waals surface area contributed by atoms with Crippen LogP contribution in [0, 0.1) is 5.92 Å². The van der Waals surface area contributed by atoms with Gasteiger partial charge in [-0.25, -0.2) is 4.79 Å². The Morgan fingerprint density at radius 2 is 1.86 bits per heavy atom. The van der Waals surface area contributed by atoms with Crippen LogP contribution in [-0.2, 0) is 20.9 Å². The van der Waals surface area contributed by atoms with Crippen LogP contribution in [-0.4, -0.2) is 17.9 Å². The highest BCUT2D eigenvalue weighted by atomic mass is 16.5. The van der Waals surface area contributed by atoms with E-state index in [1.54, 1.807) is 0 Å². The highest BCUT2D eigenvalue weighted by Gasteiger charge is 2.25. The Balaban J connectivity index is 2.51. The van der Waals surface area contributed by atoms with Crippen molar-refractivity contribution < 1.29 is 14.3 Å². The normalized spacial score (nSPS) is 12.0. The van der Waals surface area contributed by atoms with E-state index in [0.717, 1.165) is 18.4 Å². The van der Waals surface area contributed by atoms with E-state index in [2.05, 4.69) is 5.32 Å². The van der Waals surface area contributed by atoms with E-state index < -0.39 is 6.04 Å². The van der Waals surface area contributed by atoms with Gasteiger partial charge in [-0.2, -0.15) is 0 Å². The summed E-state index contributed by atoms with van der Waals surface area (Å²) in [6, 6.07) is 8.93. The molecule has 1 unspecified atom stereocenters. The second kappa shape index (κ2) is 9.16. The first-order valence-electron chi connectivity index (χ1n) is 7.54. The fourth-order valence-electron chi connectivity index (χ4n) is 1.90. The number of hydrogen-bond acceptors (Lipinski definition) is 3. The quantitative estimate of drug-likeness (QED) is 0.749. The van der Waals surface area contributed by atoms with Gasteiger partial charge in [0.1, 0.15) is 12.6 Å². The number of carbonyl (C=O) groups excluding carboxylic acids is 2. The van der Waals surface area contributed by atoms with Crippen molar-refractivity contribution in [3.8, 4) is 0 Å². The monoisotopic (exact) mass is 291 g/mol. The molecular weight excluding hydrogens is 266 g/mol. The van der Waals surface area contributed by atoms with Crippen LogP contribution < -0.4 is 5.32 Å². The Hall–Kier alpha value is -1.84. The molecule has 1 aromatic rings. The molecule has 0 aliphatic heterocycles. The summed E-state index contributed by atoms with van der Waals surface area (Å²) in [6.45, 7) is 6.05. The van der Waals surface area contributed by atoms with Gasteiger partial charge >= 0.3 is 5.97 Å². The average molecular weight is 291 g/mol. The molecule has 116 valence electrons. The van der Waals surface area contributed by atoms with Crippen molar-refractivity contribution in [3.63, 3.8) is 0 Å². The molecule has 0 aliphatic rings. The van der Waals surface area contributed by atoms with E-state index in [1.165, 1.54) is 0 Å². The zero-order valence-corrected chi connectivity index (χ0v) is 13.1. The van der Waals surface area contributed by atoms with Gasteiger partial charge in [-0.3, -0.25) is 4.79 Å². The van der Waals surface area contributed by atoms with E-state index in [4.69, 9.17) is 4.74 Å². The molecule has 1 atom stereocenters. The zero-order chi connectivity index (χ0) is 15.7.